The first kappa shape index (κ1) is 17.7. The van der Waals surface area contributed by atoms with Crippen LogP contribution >= 0.6 is 11.3 Å². The van der Waals surface area contributed by atoms with Crippen LogP contribution in [-0.4, -0.2) is 44.3 Å². The van der Waals surface area contributed by atoms with Crippen molar-refractivity contribution in [3.05, 3.63) is 40.5 Å². The topological polar surface area (TPSA) is 62.9 Å². The van der Waals surface area contributed by atoms with E-state index in [9.17, 15) is 5.11 Å². The minimum Gasteiger partial charge on any atom is -0.494 e. The fourth-order valence-electron chi connectivity index (χ4n) is 3.06. The smallest absolute Gasteiger partial charge is 0.230 e. The highest BCUT2D eigenvalue weighted by Gasteiger charge is 2.28. The number of thiazole rings is 1. The molecule has 1 unspecified atom stereocenters. The van der Waals surface area contributed by atoms with E-state index in [4.69, 9.17) is 4.74 Å². The van der Waals surface area contributed by atoms with Crippen LogP contribution in [0.15, 0.2) is 24.3 Å². The van der Waals surface area contributed by atoms with E-state index in [2.05, 4.69) is 41.0 Å². The molecule has 2 heterocycles. The Bertz CT molecular complexity index is 837. The largest absolute Gasteiger partial charge is 0.494 e. The molecule has 25 heavy (non-hydrogen) atoms. The molecule has 0 spiro atoms. The molecule has 0 fully saturated rings. The highest BCUT2D eigenvalue weighted by Crippen LogP contribution is 2.40. The molecule has 0 radical (unpaired) electrons. The first-order valence-corrected chi connectivity index (χ1v) is 9.42. The predicted molar refractivity (Wildman–Crippen MR) is 99.6 cm³/mol. The van der Waals surface area contributed by atoms with Gasteiger partial charge in [-0.1, -0.05) is 37.3 Å². The van der Waals surface area contributed by atoms with Crippen molar-refractivity contribution in [2.24, 2.45) is 0 Å². The van der Waals surface area contributed by atoms with Gasteiger partial charge in [0.15, 0.2) is 0 Å². The number of nitrogens with zero attached hydrogens (tertiary/aromatic N) is 4. The molecule has 0 amide bonds. The third-order valence-electron chi connectivity index (χ3n) is 4.24. The lowest BCUT2D eigenvalue weighted by Gasteiger charge is -2.29. The van der Waals surface area contributed by atoms with Crippen LogP contribution < -0.4 is 4.74 Å². The molecule has 2 aromatic heterocycles. The molecule has 6 nitrogen and oxygen atoms in total. The lowest BCUT2D eigenvalue weighted by atomic mass is 10.0. The molecule has 0 saturated heterocycles. The molecular weight excluding hydrogens is 336 g/mol. The zero-order valence-corrected chi connectivity index (χ0v) is 15.9. The number of benzene rings is 1. The molecule has 1 N–H and O–H groups in total. The van der Waals surface area contributed by atoms with E-state index in [0.717, 1.165) is 29.3 Å². The molecule has 0 aliphatic rings. The van der Waals surface area contributed by atoms with Crippen LogP contribution in [0, 0.1) is 6.92 Å². The van der Waals surface area contributed by atoms with Crippen molar-refractivity contribution >= 4 is 16.3 Å². The summed E-state index contributed by atoms with van der Waals surface area (Å²) in [6, 6.07) is 8.05. The maximum atomic E-state index is 10.7. The molecule has 0 aliphatic carbocycles. The van der Waals surface area contributed by atoms with Crippen molar-refractivity contribution in [3.63, 3.8) is 0 Å². The minimum absolute atomic E-state index is 0.0421. The van der Waals surface area contributed by atoms with Gasteiger partial charge in [0.2, 0.25) is 10.8 Å². The quantitative estimate of drug-likeness (QED) is 0.697. The van der Waals surface area contributed by atoms with E-state index in [1.165, 1.54) is 15.9 Å². The molecule has 3 aromatic rings. The fourth-order valence-corrected chi connectivity index (χ4v) is 4.22. The Hall–Kier alpha value is -2.12. The van der Waals surface area contributed by atoms with Crippen LogP contribution in [0.5, 0.6) is 11.6 Å². The molecule has 134 valence electrons. The van der Waals surface area contributed by atoms with Crippen LogP contribution in [0.2, 0.25) is 0 Å². The summed E-state index contributed by atoms with van der Waals surface area (Å²) in [4.78, 5) is 8.28. The van der Waals surface area contributed by atoms with Crippen molar-refractivity contribution in [3.8, 4) is 11.6 Å². The summed E-state index contributed by atoms with van der Waals surface area (Å²) in [6.07, 6.45) is 0. The molecule has 1 atom stereocenters. The van der Waals surface area contributed by atoms with E-state index >= 15 is 0 Å². The highest BCUT2D eigenvalue weighted by atomic mass is 32.1. The first-order valence-electron chi connectivity index (χ1n) is 8.60. The van der Waals surface area contributed by atoms with Gasteiger partial charge in [-0.25, -0.2) is 4.98 Å². The summed E-state index contributed by atoms with van der Waals surface area (Å²) in [5.74, 6) is 1.69. The van der Waals surface area contributed by atoms with E-state index < -0.39 is 0 Å². The zero-order chi connectivity index (χ0) is 18.0. The Kier molecular flexibility index (Phi) is 5.24. The molecule has 0 bridgehead atoms. The van der Waals surface area contributed by atoms with E-state index in [1.54, 1.807) is 0 Å². The number of aromatic hydroxyl groups is 1. The van der Waals surface area contributed by atoms with Crippen LogP contribution in [0.1, 0.15) is 43.1 Å². The van der Waals surface area contributed by atoms with Crippen molar-refractivity contribution in [2.45, 2.75) is 33.7 Å². The number of hydrogen-bond donors (Lipinski definition) is 1. The average Bonchev–Trinajstić information content (AvgIpc) is 3.11. The van der Waals surface area contributed by atoms with Crippen LogP contribution in [0.25, 0.3) is 4.96 Å². The first-order chi connectivity index (χ1) is 12.1. The van der Waals surface area contributed by atoms with Gasteiger partial charge in [-0.3, -0.25) is 4.90 Å². The van der Waals surface area contributed by atoms with Gasteiger partial charge in [0.05, 0.1) is 17.5 Å². The normalized spacial score (nSPS) is 12.8. The molecule has 1 aromatic carbocycles. The maximum absolute atomic E-state index is 10.7. The van der Waals surface area contributed by atoms with Gasteiger partial charge in [-0.05, 0) is 44.6 Å². The molecule has 0 saturated carbocycles. The van der Waals surface area contributed by atoms with Crippen molar-refractivity contribution in [2.75, 3.05) is 19.7 Å². The molecule has 3 rings (SSSR count). The third-order valence-corrected chi connectivity index (χ3v) is 5.31. The van der Waals surface area contributed by atoms with Gasteiger partial charge < -0.3 is 9.84 Å². The third kappa shape index (κ3) is 3.34. The zero-order valence-electron chi connectivity index (χ0n) is 15.1. The van der Waals surface area contributed by atoms with Crippen molar-refractivity contribution in [1.82, 2.24) is 19.5 Å². The number of ether oxygens (including phenoxy) is 1. The second-order valence-corrected chi connectivity index (χ2v) is 6.78. The Labute approximate surface area is 151 Å². The number of aromatic nitrogens is 3. The van der Waals surface area contributed by atoms with Gasteiger partial charge >= 0.3 is 0 Å². The van der Waals surface area contributed by atoms with E-state index in [0.29, 0.717) is 17.4 Å². The van der Waals surface area contributed by atoms with Gasteiger partial charge in [0, 0.05) is 0 Å². The lowest BCUT2D eigenvalue weighted by molar-refractivity contribution is 0.248. The monoisotopic (exact) mass is 360 g/mol. The second-order valence-electron chi connectivity index (χ2n) is 5.77. The summed E-state index contributed by atoms with van der Waals surface area (Å²) in [6.45, 7) is 10.5. The van der Waals surface area contributed by atoms with Crippen molar-refractivity contribution < 1.29 is 9.84 Å². The Morgan fingerprint density at radius 1 is 1.20 bits per heavy atom. The summed E-state index contributed by atoms with van der Waals surface area (Å²) >= 11 is 1.49. The average molecular weight is 360 g/mol. The number of rotatable bonds is 7. The van der Waals surface area contributed by atoms with Gasteiger partial charge in [-0.15, -0.1) is 5.10 Å². The predicted octanol–water partition coefficient (Wildman–Crippen LogP) is 3.63. The summed E-state index contributed by atoms with van der Waals surface area (Å²) in [5.41, 5.74) is 1.11. The number of fused-ring (bicyclic) bond motifs is 1. The Morgan fingerprint density at radius 2 is 1.88 bits per heavy atom. The summed E-state index contributed by atoms with van der Waals surface area (Å²) < 4.78 is 7.08. The van der Waals surface area contributed by atoms with Crippen LogP contribution in [-0.2, 0) is 0 Å². The Morgan fingerprint density at radius 3 is 2.44 bits per heavy atom. The van der Waals surface area contributed by atoms with Crippen LogP contribution in [0.4, 0.5) is 0 Å². The number of aryl methyl sites for hydroxylation is 1. The molecular formula is C18H24N4O2S. The summed E-state index contributed by atoms with van der Waals surface area (Å²) in [5, 5.41) is 15.0. The van der Waals surface area contributed by atoms with Crippen molar-refractivity contribution in [1.29, 1.82) is 0 Å². The number of hydrogen-bond acceptors (Lipinski definition) is 6. The lowest BCUT2D eigenvalue weighted by Crippen LogP contribution is -2.28. The highest BCUT2D eigenvalue weighted by molar-refractivity contribution is 7.17. The van der Waals surface area contributed by atoms with E-state index in [1.807, 2.05) is 26.0 Å². The van der Waals surface area contributed by atoms with Crippen LogP contribution in [0.3, 0.4) is 0 Å². The second kappa shape index (κ2) is 7.41. The Balaban J connectivity index is 2.07. The molecule has 0 aliphatic heterocycles. The maximum Gasteiger partial charge on any atom is 0.230 e. The van der Waals surface area contributed by atoms with Gasteiger partial charge in [0.25, 0.3) is 0 Å². The molecule has 7 heteroatoms. The van der Waals surface area contributed by atoms with Gasteiger partial charge in [-0.2, -0.15) is 4.52 Å². The SMILES string of the molecule is CCOc1ccc(C(c2sc3nc(C)nn3c2O)N(CC)CC)cc1. The fraction of sp³-hybridized carbons (Fsp3) is 0.444. The summed E-state index contributed by atoms with van der Waals surface area (Å²) in [7, 11) is 0. The standard InChI is InChI=1S/C18H24N4O2S/c1-5-21(6-2)15(13-8-10-14(11-9-13)24-7-3)16-17(23)22-18(25-16)19-12(4)20-22/h8-11,15,23H,5-7H2,1-4H3. The minimum atomic E-state index is -0.0421. The van der Waals surface area contributed by atoms with Gasteiger partial charge in [0.1, 0.15) is 11.6 Å². The van der Waals surface area contributed by atoms with E-state index in [-0.39, 0.29) is 11.9 Å².